The van der Waals surface area contributed by atoms with Crippen molar-refractivity contribution in [3.05, 3.63) is 0 Å². The molecule has 1 saturated carbocycles. The summed E-state index contributed by atoms with van der Waals surface area (Å²) in [5.74, 6) is 0. The lowest BCUT2D eigenvalue weighted by atomic mass is 9.74. The maximum absolute atomic E-state index is 9.53. The van der Waals surface area contributed by atoms with E-state index in [0.717, 1.165) is 13.0 Å². The van der Waals surface area contributed by atoms with Gasteiger partial charge in [-0.05, 0) is 24.7 Å². The molecule has 0 heterocycles. The Bertz CT molecular complexity index is 132. The highest BCUT2D eigenvalue weighted by atomic mass is 16.5. The summed E-state index contributed by atoms with van der Waals surface area (Å²) in [5, 5.41) is 9.53. The molecule has 14 heavy (non-hydrogen) atoms. The second-order valence-corrected chi connectivity index (χ2v) is 4.67. The van der Waals surface area contributed by atoms with Crippen LogP contribution < -0.4 is 0 Å². The van der Waals surface area contributed by atoms with Gasteiger partial charge >= 0.3 is 0 Å². The Morgan fingerprint density at radius 1 is 1.07 bits per heavy atom. The Morgan fingerprint density at radius 2 is 1.64 bits per heavy atom. The van der Waals surface area contributed by atoms with Crippen molar-refractivity contribution in [2.75, 3.05) is 20.3 Å². The molecule has 0 unspecified atom stereocenters. The van der Waals surface area contributed by atoms with E-state index in [1.165, 1.54) is 44.9 Å². The molecule has 0 aromatic heterocycles. The average molecular weight is 200 g/mol. The third kappa shape index (κ3) is 3.58. The van der Waals surface area contributed by atoms with Crippen LogP contribution in [0, 0.1) is 5.41 Å². The molecule has 0 aromatic carbocycles. The van der Waals surface area contributed by atoms with Crippen LogP contribution in [0.4, 0.5) is 0 Å². The van der Waals surface area contributed by atoms with E-state index in [4.69, 9.17) is 4.74 Å². The van der Waals surface area contributed by atoms with Gasteiger partial charge in [0.15, 0.2) is 0 Å². The van der Waals surface area contributed by atoms with Gasteiger partial charge in [0.25, 0.3) is 0 Å². The summed E-state index contributed by atoms with van der Waals surface area (Å²) in [5.41, 5.74) is 0.177. The topological polar surface area (TPSA) is 29.5 Å². The van der Waals surface area contributed by atoms with Crippen LogP contribution in [-0.4, -0.2) is 25.4 Å². The zero-order chi connectivity index (χ0) is 10.3. The molecule has 1 aliphatic carbocycles. The lowest BCUT2D eigenvalue weighted by Gasteiger charge is -2.33. The fourth-order valence-corrected chi connectivity index (χ4v) is 2.46. The summed E-state index contributed by atoms with van der Waals surface area (Å²) in [4.78, 5) is 0. The molecule has 0 amide bonds. The summed E-state index contributed by atoms with van der Waals surface area (Å²) in [6.07, 6.45) is 10.0. The zero-order valence-corrected chi connectivity index (χ0v) is 9.43. The summed E-state index contributed by atoms with van der Waals surface area (Å²) in [6.45, 7) is 1.14. The highest BCUT2D eigenvalue weighted by molar-refractivity contribution is 4.80. The van der Waals surface area contributed by atoms with E-state index >= 15 is 0 Å². The minimum absolute atomic E-state index is 0.177. The number of rotatable bonds is 4. The normalized spacial score (nSPS) is 22.7. The molecule has 0 atom stereocenters. The van der Waals surface area contributed by atoms with Crippen molar-refractivity contribution >= 4 is 0 Å². The number of aliphatic hydroxyl groups excluding tert-OH is 1. The van der Waals surface area contributed by atoms with Crippen molar-refractivity contribution < 1.29 is 9.84 Å². The minimum atomic E-state index is 0.177. The van der Waals surface area contributed by atoms with Gasteiger partial charge in [-0.3, -0.25) is 0 Å². The van der Waals surface area contributed by atoms with Crippen molar-refractivity contribution in [2.45, 2.75) is 51.4 Å². The molecule has 0 spiro atoms. The molecule has 0 aromatic rings. The van der Waals surface area contributed by atoms with E-state index in [2.05, 4.69) is 0 Å². The van der Waals surface area contributed by atoms with Gasteiger partial charge in [-0.1, -0.05) is 32.1 Å². The van der Waals surface area contributed by atoms with E-state index in [1.54, 1.807) is 7.11 Å². The number of hydrogen-bond acceptors (Lipinski definition) is 2. The van der Waals surface area contributed by atoms with E-state index in [0.29, 0.717) is 6.61 Å². The zero-order valence-electron chi connectivity index (χ0n) is 9.43. The van der Waals surface area contributed by atoms with Crippen molar-refractivity contribution in [3.8, 4) is 0 Å². The van der Waals surface area contributed by atoms with Crippen molar-refractivity contribution in [3.63, 3.8) is 0 Å². The van der Waals surface area contributed by atoms with E-state index in [1.807, 2.05) is 0 Å². The van der Waals surface area contributed by atoms with Crippen molar-refractivity contribution in [1.29, 1.82) is 0 Å². The van der Waals surface area contributed by atoms with E-state index in [9.17, 15) is 5.11 Å². The van der Waals surface area contributed by atoms with Gasteiger partial charge in [-0.25, -0.2) is 0 Å². The average Bonchev–Trinajstić information content (AvgIpc) is 2.18. The molecule has 1 aliphatic rings. The second kappa shape index (κ2) is 6.41. The highest BCUT2D eigenvalue weighted by Crippen LogP contribution is 2.36. The lowest BCUT2D eigenvalue weighted by Crippen LogP contribution is -2.28. The van der Waals surface area contributed by atoms with E-state index < -0.39 is 0 Å². The second-order valence-electron chi connectivity index (χ2n) is 4.67. The quantitative estimate of drug-likeness (QED) is 0.756. The van der Waals surface area contributed by atoms with Crippen LogP contribution in [0.25, 0.3) is 0 Å². The molecule has 0 radical (unpaired) electrons. The molecule has 84 valence electrons. The van der Waals surface area contributed by atoms with Gasteiger partial charge in [0.1, 0.15) is 0 Å². The third-order valence-corrected chi connectivity index (χ3v) is 3.59. The van der Waals surface area contributed by atoms with Crippen LogP contribution in [0.5, 0.6) is 0 Å². The Balaban J connectivity index is 2.44. The van der Waals surface area contributed by atoms with Gasteiger partial charge < -0.3 is 9.84 Å². The molecule has 0 saturated heterocycles. The molecule has 1 rings (SSSR count). The maximum atomic E-state index is 9.53. The van der Waals surface area contributed by atoms with Gasteiger partial charge in [0.05, 0.1) is 0 Å². The monoisotopic (exact) mass is 200 g/mol. The van der Waals surface area contributed by atoms with Crippen molar-refractivity contribution in [2.24, 2.45) is 5.41 Å². The van der Waals surface area contributed by atoms with Gasteiger partial charge in [0, 0.05) is 20.3 Å². The fourth-order valence-electron chi connectivity index (χ4n) is 2.46. The molecule has 1 fully saturated rings. The van der Waals surface area contributed by atoms with Gasteiger partial charge in [-0.15, -0.1) is 0 Å². The first-order chi connectivity index (χ1) is 6.83. The minimum Gasteiger partial charge on any atom is -0.396 e. The Labute approximate surface area is 87.7 Å². The van der Waals surface area contributed by atoms with Gasteiger partial charge in [-0.2, -0.15) is 0 Å². The number of aliphatic hydroxyl groups is 1. The molecular weight excluding hydrogens is 176 g/mol. The summed E-state index contributed by atoms with van der Waals surface area (Å²) in [6, 6.07) is 0. The van der Waals surface area contributed by atoms with Crippen LogP contribution in [0.1, 0.15) is 51.4 Å². The van der Waals surface area contributed by atoms with Crippen LogP contribution in [0.2, 0.25) is 0 Å². The molecule has 0 bridgehead atoms. The smallest absolute Gasteiger partial charge is 0.0488 e. The first-order valence-corrected chi connectivity index (χ1v) is 5.93. The first-order valence-electron chi connectivity index (χ1n) is 5.93. The molecule has 0 aliphatic heterocycles. The SMILES string of the molecule is COCCC1(CO)CCCCCCC1. The maximum Gasteiger partial charge on any atom is 0.0488 e. The fraction of sp³-hybridized carbons (Fsp3) is 1.00. The largest absolute Gasteiger partial charge is 0.396 e. The Hall–Kier alpha value is -0.0800. The molecular formula is C12H24O2. The Morgan fingerprint density at radius 3 is 2.14 bits per heavy atom. The van der Waals surface area contributed by atoms with Gasteiger partial charge in [0.2, 0.25) is 0 Å². The van der Waals surface area contributed by atoms with E-state index in [-0.39, 0.29) is 5.41 Å². The summed E-state index contributed by atoms with van der Waals surface area (Å²) >= 11 is 0. The van der Waals surface area contributed by atoms with Crippen molar-refractivity contribution in [1.82, 2.24) is 0 Å². The summed E-state index contributed by atoms with van der Waals surface area (Å²) in [7, 11) is 1.74. The predicted octanol–water partition coefficient (Wildman–Crippen LogP) is 2.75. The first kappa shape index (κ1) is 12.0. The molecule has 1 N–H and O–H groups in total. The molecule has 2 heteroatoms. The predicted molar refractivity (Wildman–Crippen MR) is 58.3 cm³/mol. The summed E-state index contributed by atoms with van der Waals surface area (Å²) < 4.78 is 5.13. The van der Waals surface area contributed by atoms with Crippen LogP contribution >= 0.6 is 0 Å². The Kier molecular flexibility index (Phi) is 5.49. The molecule has 2 nitrogen and oxygen atoms in total. The van der Waals surface area contributed by atoms with Crippen LogP contribution in [0.3, 0.4) is 0 Å². The standard InChI is InChI=1S/C12H24O2/c1-14-10-9-12(11-13)7-5-3-2-4-6-8-12/h13H,2-11H2,1H3. The number of hydrogen-bond donors (Lipinski definition) is 1. The van der Waals surface area contributed by atoms with Crippen LogP contribution in [0.15, 0.2) is 0 Å². The highest BCUT2D eigenvalue weighted by Gasteiger charge is 2.28. The third-order valence-electron chi connectivity index (χ3n) is 3.59. The lowest BCUT2D eigenvalue weighted by molar-refractivity contribution is 0.0531. The number of methoxy groups -OCH3 is 1. The number of ether oxygens (including phenoxy) is 1. The van der Waals surface area contributed by atoms with Crippen LogP contribution in [-0.2, 0) is 4.74 Å².